The Kier molecular flexibility index (Phi) is 8.26. The molecule has 4 heteroatoms. The second kappa shape index (κ2) is 9.75. The van der Waals surface area contributed by atoms with Crippen LogP contribution in [0.3, 0.4) is 0 Å². The Labute approximate surface area is 122 Å². The predicted octanol–water partition coefficient (Wildman–Crippen LogP) is 2.47. The molecule has 0 aliphatic rings. The van der Waals surface area contributed by atoms with E-state index in [1.165, 1.54) is 0 Å². The van der Waals surface area contributed by atoms with Crippen molar-refractivity contribution in [3.63, 3.8) is 0 Å². The zero-order chi connectivity index (χ0) is 14.8. The van der Waals surface area contributed by atoms with Gasteiger partial charge in [0, 0.05) is 13.7 Å². The molecule has 0 heterocycles. The van der Waals surface area contributed by atoms with Crippen LogP contribution in [-0.2, 0) is 16.1 Å². The summed E-state index contributed by atoms with van der Waals surface area (Å²) in [6.45, 7) is 7.37. The van der Waals surface area contributed by atoms with Gasteiger partial charge in [0.15, 0.2) is 0 Å². The third-order valence-electron chi connectivity index (χ3n) is 2.92. The minimum absolute atomic E-state index is 0.0702. The highest BCUT2D eigenvalue weighted by Crippen LogP contribution is 2.12. The highest BCUT2D eigenvalue weighted by molar-refractivity contribution is 5.26. The molecule has 0 amide bonds. The van der Waals surface area contributed by atoms with Gasteiger partial charge in [-0.1, -0.05) is 26.0 Å². The fourth-order valence-electron chi connectivity index (χ4n) is 1.82. The van der Waals surface area contributed by atoms with E-state index in [-0.39, 0.29) is 6.10 Å². The Morgan fingerprint density at radius 2 is 1.75 bits per heavy atom. The van der Waals surface area contributed by atoms with Crippen molar-refractivity contribution in [3.8, 4) is 5.75 Å². The fraction of sp³-hybridized carbons (Fsp3) is 0.625. The van der Waals surface area contributed by atoms with Crippen LogP contribution in [0.15, 0.2) is 24.3 Å². The molecule has 1 rings (SSSR count). The molecule has 1 atom stereocenters. The van der Waals surface area contributed by atoms with Crippen LogP contribution >= 0.6 is 0 Å². The first-order chi connectivity index (χ1) is 9.65. The maximum absolute atomic E-state index is 5.90. The Bertz CT molecular complexity index is 351. The molecule has 0 aromatic heterocycles. The molecule has 0 aliphatic heterocycles. The zero-order valence-electron chi connectivity index (χ0n) is 13.0. The fourth-order valence-corrected chi connectivity index (χ4v) is 1.82. The minimum Gasteiger partial charge on any atom is -0.497 e. The van der Waals surface area contributed by atoms with Gasteiger partial charge in [-0.3, -0.25) is 0 Å². The first-order valence-corrected chi connectivity index (χ1v) is 7.10. The molecule has 0 radical (unpaired) electrons. The summed E-state index contributed by atoms with van der Waals surface area (Å²) in [6.07, 6.45) is 0.0702. The third kappa shape index (κ3) is 6.89. The van der Waals surface area contributed by atoms with Gasteiger partial charge in [0.2, 0.25) is 0 Å². The van der Waals surface area contributed by atoms with Crippen molar-refractivity contribution in [1.82, 2.24) is 5.32 Å². The molecule has 1 aromatic rings. The van der Waals surface area contributed by atoms with Crippen molar-refractivity contribution < 1.29 is 14.2 Å². The van der Waals surface area contributed by atoms with E-state index in [0.29, 0.717) is 19.1 Å². The average Bonchev–Trinajstić information content (AvgIpc) is 2.45. The Morgan fingerprint density at radius 3 is 2.30 bits per heavy atom. The van der Waals surface area contributed by atoms with Crippen molar-refractivity contribution in [3.05, 3.63) is 29.8 Å². The minimum atomic E-state index is 0.0702. The van der Waals surface area contributed by atoms with Crippen molar-refractivity contribution in [2.45, 2.75) is 26.6 Å². The monoisotopic (exact) mass is 281 g/mol. The van der Waals surface area contributed by atoms with E-state index in [1.807, 2.05) is 24.3 Å². The Balaban J connectivity index is 2.36. The highest BCUT2D eigenvalue weighted by atomic mass is 16.5. The SMILES string of the molecule is COCC(CNCC(C)C)OCc1ccc(OC)cc1. The first kappa shape index (κ1) is 17.0. The molecular formula is C16H27NO3. The number of rotatable bonds is 10. The van der Waals surface area contributed by atoms with Crippen molar-refractivity contribution in [2.24, 2.45) is 5.92 Å². The lowest BCUT2D eigenvalue weighted by atomic mass is 10.2. The molecule has 0 spiro atoms. The lowest BCUT2D eigenvalue weighted by Gasteiger charge is -2.18. The quantitative estimate of drug-likeness (QED) is 0.715. The second-order valence-electron chi connectivity index (χ2n) is 5.29. The van der Waals surface area contributed by atoms with Crippen LogP contribution in [0.2, 0.25) is 0 Å². The lowest BCUT2D eigenvalue weighted by molar-refractivity contribution is -0.0103. The summed E-state index contributed by atoms with van der Waals surface area (Å²) in [5.74, 6) is 1.50. The zero-order valence-corrected chi connectivity index (χ0v) is 13.0. The van der Waals surface area contributed by atoms with Crippen LogP contribution in [0.1, 0.15) is 19.4 Å². The first-order valence-electron chi connectivity index (χ1n) is 7.10. The molecule has 1 unspecified atom stereocenters. The van der Waals surface area contributed by atoms with Gasteiger partial charge in [-0.2, -0.15) is 0 Å². The predicted molar refractivity (Wildman–Crippen MR) is 81.2 cm³/mol. The molecule has 114 valence electrons. The van der Waals surface area contributed by atoms with Crippen LogP contribution in [-0.4, -0.2) is 40.0 Å². The standard InChI is InChI=1S/C16H27NO3/c1-13(2)9-17-10-16(12-18-3)20-11-14-5-7-15(19-4)8-6-14/h5-8,13,16-17H,9-12H2,1-4H3. The summed E-state index contributed by atoms with van der Waals surface area (Å²) in [7, 11) is 3.37. The van der Waals surface area contributed by atoms with Crippen LogP contribution in [0, 0.1) is 5.92 Å². The molecule has 0 saturated heterocycles. The van der Waals surface area contributed by atoms with Gasteiger partial charge >= 0.3 is 0 Å². The lowest BCUT2D eigenvalue weighted by Crippen LogP contribution is -2.34. The van der Waals surface area contributed by atoms with Gasteiger partial charge in [0.05, 0.1) is 26.4 Å². The number of nitrogens with one attached hydrogen (secondary N) is 1. The van der Waals surface area contributed by atoms with Gasteiger partial charge in [0.1, 0.15) is 5.75 Å². The molecule has 0 saturated carbocycles. The van der Waals surface area contributed by atoms with Crippen molar-refractivity contribution in [2.75, 3.05) is 33.9 Å². The van der Waals surface area contributed by atoms with Gasteiger partial charge in [-0.15, -0.1) is 0 Å². The van der Waals surface area contributed by atoms with E-state index in [1.54, 1.807) is 14.2 Å². The molecule has 4 nitrogen and oxygen atoms in total. The van der Waals surface area contributed by atoms with E-state index in [2.05, 4.69) is 19.2 Å². The van der Waals surface area contributed by atoms with Gasteiger partial charge in [0.25, 0.3) is 0 Å². The normalized spacial score (nSPS) is 12.7. The summed E-state index contributed by atoms with van der Waals surface area (Å²) in [6, 6.07) is 7.93. The van der Waals surface area contributed by atoms with E-state index in [4.69, 9.17) is 14.2 Å². The van der Waals surface area contributed by atoms with Gasteiger partial charge in [-0.25, -0.2) is 0 Å². The maximum Gasteiger partial charge on any atom is 0.118 e. The second-order valence-corrected chi connectivity index (χ2v) is 5.29. The average molecular weight is 281 g/mol. The largest absolute Gasteiger partial charge is 0.497 e. The van der Waals surface area contributed by atoms with Gasteiger partial charge in [-0.05, 0) is 30.2 Å². The Morgan fingerprint density at radius 1 is 1.05 bits per heavy atom. The van der Waals surface area contributed by atoms with Crippen molar-refractivity contribution >= 4 is 0 Å². The number of hydrogen-bond donors (Lipinski definition) is 1. The molecule has 1 N–H and O–H groups in total. The number of ether oxygens (including phenoxy) is 3. The van der Waals surface area contributed by atoms with Gasteiger partial charge < -0.3 is 19.5 Å². The maximum atomic E-state index is 5.90. The third-order valence-corrected chi connectivity index (χ3v) is 2.92. The molecular weight excluding hydrogens is 254 g/mol. The number of methoxy groups -OCH3 is 2. The van der Waals surface area contributed by atoms with Crippen molar-refractivity contribution in [1.29, 1.82) is 0 Å². The Hall–Kier alpha value is -1.10. The highest BCUT2D eigenvalue weighted by Gasteiger charge is 2.09. The smallest absolute Gasteiger partial charge is 0.118 e. The van der Waals surface area contributed by atoms with E-state index >= 15 is 0 Å². The van der Waals surface area contributed by atoms with E-state index < -0.39 is 0 Å². The molecule has 0 aliphatic carbocycles. The summed E-state index contributed by atoms with van der Waals surface area (Å²) < 4.78 is 16.2. The van der Waals surface area contributed by atoms with E-state index in [9.17, 15) is 0 Å². The number of benzene rings is 1. The molecule has 20 heavy (non-hydrogen) atoms. The molecule has 0 fully saturated rings. The summed E-state index contributed by atoms with van der Waals surface area (Å²) in [4.78, 5) is 0. The van der Waals surface area contributed by atoms with Crippen LogP contribution in [0.5, 0.6) is 5.75 Å². The molecule has 0 bridgehead atoms. The molecule has 1 aromatic carbocycles. The van der Waals surface area contributed by atoms with E-state index in [0.717, 1.165) is 24.4 Å². The van der Waals surface area contributed by atoms with Crippen LogP contribution < -0.4 is 10.1 Å². The summed E-state index contributed by atoms with van der Waals surface area (Å²) in [5, 5.41) is 3.40. The van der Waals surface area contributed by atoms with Crippen LogP contribution in [0.25, 0.3) is 0 Å². The topological polar surface area (TPSA) is 39.7 Å². The summed E-state index contributed by atoms with van der Waals surface area (Å²) in [5.41, 5.74) is 1.13. The summed E-state index contributed by atoms with van der Waals surface area (Å²) >= 11 is 0. The van der Waals surface area contributed by atoms with Crippen LogP contribution in [0.4, 0.5) is 0 Å². The number of hydrogen-bond acceptors (Lipinski definition) is 4.